The Hall–Kier alpha value is -1.62. The lowest BCUT2D eigenvalue weighted by Gasteiger charge is -2.13. The van der Waals surface area contributed by atoms with E-state index in [1.165, 1.54) is 0 Å². The molecule has 0 aromatic carbocycles. The number of methoxy groups -OCH3 is 1. The first-order valence-electron chi connectivity index (χ1n) is 5.63. The van der Waals surface area contributed by atoms with Crippen molar-refractivity contribution in [2.24, 2.45) is 0 Å². The maximum atomic E-state index is 11.9. The van der Waals surface area contributed by atoms with Crippen LogP contribution in [0, 0.1) is 0 Å². The number of carbonyl (C=O) groups excluding carboxylic acids is 1. The van der Waals surface area contributed by atoms with Crippen LogP contribution in [0.1, 0.15) is 29.9 Å². The topological polar surface area (TPSA) is 77.2 Å². The van der Waals surface area contributed by atoms with Crippen molar-refractivity contribution in [3.05, 3.63) is 23.4 Å². The van der Waals surface area contributed by atoms with Gasteiger partial charge in [0, 0.05) is 24.4 Å². The van der Waals surface area contributed by atoms with Crippen molar-refractivity contribution >= 4 is 11.7 Å². The zero-order valence-electron chi connectivity index (χ0n) is 10.5. The molecule has 0 radical (unpaired) electrons. The molecule has 1 aromatic heterocycles. The largest absolute Gasteiger partial charge is 0.384 e. The van der Waals surface area contributed by atoms with Gasteiger partial charge in [-0.25, -0.2) is 4.98 Å². The molecule has 17 heavy (non-hydrogen) atoms. The van der Waals surface area contributed by atoms with Crippen LogP contribution in [0.15, 0.2) is 12.1 Å². The van der Waals surface area contributed by atoms with E-state index >= 15 is 0 Å². The molecule has 1 atom stereocenters. The summed E-state index contributed by atoms with van der Waals surface area (Å²) in [4.78, 5) is 16.0. The predicted molar refractivity (Wildman–Crippen MR) is 66.8 cm³/mol. The van der Waals surface area contributed by atoms with E-state index in [9.17, 15) is 4.79 Å². The standard InChI is InChI=1S/C12H19N3O2/c1-4-10-5-9(6-11(13)15-10)12(16)14-8(2)7-17-3/h5-6,8H,4,7H2,1-3H3,(H2,13,15)(H,14,16). The van der Waals surface area contributed by atoms with Gasteiger partial charge in [0.1, 0.15) is 5.82 Å². The molecule has 1 amide bonds. The van der Waals surface area contributed by atoms with Crippen LogP contribution in [-0.4, -0.2) is 30.6 Å². The minimum Gasteiger partial charge on any atom is -0.384 e. The van der Waals surface area contributed by atoms with Gasteiger partial charge < -0.3 is 15.8 Å². The van der Waals surface area contributed by atoms with Gasteiger partial charge in [0.05, 0.1) is 6.61 Å². The van der Waals surface area contributed by atoms with Crippen LogP contribution in [0.3, 0.4) is 0 Å². The van der Waals surface area contributed by atoms with Gasteiger partial charge in [0.2, 0.25) is 0 Å². The fraction of sp³-hybridized carbons (Fsp3) is 0.500. The molecule has 0 saturated carbocycles. The Kier molecular flexibility index (Phi) is 4.90. The number of nitrogens with one attached hydrogen (secondary N) is 1. The number of nitrogens with zero attached hydrogens (tertiary/aromatic N) is 1. The summed E-state index contributed by atoms with van der Waals surface area (Å²) >= 11 is 0. The summed E-state index contributed by atoms with van der Waals surface area (Å²) in [5, 5.41) is 2.83. The van der Waals surface area contributed by atoms with E-state index in [0.29, 0.717) is 18.0 Å². The van der Waals surface area contributed by atoms with Gasteiger partial charge >= 0.3 is 0 Å². The molecule has 0 bridgehead atoms. The second kappa shape index (κ2) is 6.20. The average molecular weight is 237 g/mol. The van der Waals surface area contributed by atoms with Crippen LogP contribution in [0.25, 0.3) is 0 Å². The van der Waals surface area contributed by atoms with E-state index in [4.69, 9.17) is 10.5 Å². The molecule has 5 nitrogen and oxygen atoms in total. The van der Waals surface area contributed by atoms with Gasteiger partial charge in [-0.3, -0.25) is 4.79 Å². The second-order valence-corrected chi connectivity index (χ2v) is 3.96. The summed E-state index contributed by atoms with van der Waals surface area (Å²) < 4.78 is 4.96. The highest BCUT2D eigenvalue weighted by molar-refractivity contribution is 5.95. The van der Waals surface area contributed by atoms with Crippen LogP contribution in [-0.2, 0) is 11.2 Å². The number of nitrogen functional groups attached to an aromatic ring is 1. The summed E-state index contributed by atoms with van der Waals surface area (Å²) in [6, 6.07) is 3.30. The van der Waals surface area contributed by atoms with Crippen LogP contribution in [0.4, 0.5) is 5.82 Å². The van der Waals surface area contributed by atoms with E-state index in [2.05, 4.69) is 10.3 Å². The average Bonchev–Trinajstić information content (AvgIpc) is 2.28. The summed E-state index contributed by atoms with van der Waals surface area (Å²) in [6.07, 6.45) is 0.749. The number of rotatable bonds is 5. The Labute approximate surface area is 101 Å². The number of anilines is 1. The number of aromatic nitrogens is 1. The quantitative estimate of drug-likeness (QED) is 0.800. The first-order chi connectivity index (χ1) is 8.06. The van der Waals surface area contributed by atoms with E-state index in [1.54, 1.807) is 19.2 Å². The van der Waals surface area contributed by atoms with Gasteiger partial charge in [-0.15, -0.1) is 0 Å². The Balaban J connectivity index is 2.78. The third-order valence-electron chi connectivity index (χ3n) is 2.32. The van der Waals surface area contributed by atoms with Gasteiger partial charge in [-0.05, 0) is 25.5 Å². The minimum absolute atomic E-state index is 0.0352. The molecule has 0 spiro atoms. The van der Waals surface area contributed by atoms with Crippen LogP contribution in [0.2, 0.25) is 0 Å². The van der Waals surface area contributed by atoms with Crippen molar-refractivity contribution in [3.63, 3.8) is 0 Å². The molecule has 5 heteroatoms. The third kappa shape index (κ3) is 4.03. The van der Waals surface area contributed by atoms with E-state index in [0.717, 1.165) is 12.1 Å². The number of amides is 1. The highest BCUT2D eigenvalue weighted by Crippen LogP contribution is 2.08. The summed E-state index contributed by atoms with van der Waals surface area (Å²) in [5.41, 5.74) is 7.00. The van der Waals surface area contributed by atoms with Crippen molar-refractivity contribution < 1.29 is 9.53 Å². The highest BCUT2D eigenvalue weighted by atomic mass is 16.5. The van der Waals surface area contributed by atoms with Crippen molar-refractivity contribution in [1.29, 1.82) is 0 Å². The van der Waals surface area contributed by atoms with Crippen molar-refractivity contribution in [2.45, 2.75) is 26.3 Å². The van der Waals surface area contributed by atoms with Crippen LogP contribution < -0.4 is 11.1 Å². The molecule has 1 aromatic rings. The monoisotopic (exact) mass is 237 g/mol. The smallest absolute Gasteiger partial charge is 0.251 e. The van der Waals surface area contributed by atoms with Crippen molar-refractivity contribution in [3.8, 4) is 0 Å². The second-order valence-electron chi connectivity index (χ2n) is 3.96. The van der Waals surface area contributed by atoms with Gasteiger partial charge in [-0.1, -0.05) is 6.92 Å². The van der Waals surface area contributed by atoms with Crippen LogP contribution in [0.5, 0.6) is 0 Å². The Morgan fingerprint density at radius 1 is 1.59 bits per heavy atom. The summed E-state index contributed by atoms with van der Waals surface area (Å²) in [7, 11) is 1.60. The molecular formula is C12H19N3O2. The normalized spacial score (nSPS) is 12.2. The van der Waals surface area contributed by atoms with Crippen LogP contribution >= 0.6 is 0 Å². The molecule has 0 aliphatic rings. The van der Waals surface area contributed by atoms with Gasteiger partial charge in [0.25, 0.3) is 5.91 Å². The fourth-order valence-corrected chi connectivity index (χ4v) is 1.52. The third-order valence-corrected chi connectivity index (χ3v) is 2.32. The highest BCUT2D eigenvalue weighted by Gasteiger charge is 2.11. The molecule has 94 valence electrons. The molecule has 0 aliphatic carbocycles. The first kappa shape index (κ1) is 13.4. The maximum absolute atomic E-state index is 11.9. The molecule has 1 heterocycles. The molecule has 1 rings (SSSR count). The maximum Gasteiger partial charge on any atom is 0.251 e. The van der Waals surface area contributed by atoms with Crippen molar-refractivity contribution in [1.82, 2.24) is 10.3 Å². The Morgan fingerprint density at radius 3 is 2.88 bits per heavy atom. The van der Waals surface area contributed by atoms with E-state index < -0.39 is 0 Å². The lowest BCUT2D eigenvalue weighted by molar-refractivity contribution is 0.0905. The number of nitrogens with two attached hydrogens (primary N) is 1. The lowest BCUT2D eigenvalue weighted by Crippen LogP contribution is -2.35. The molecular weight excluding hydrogens is 218 g/mol. The van der Waals surface area contributed by atoms with E-state index in [-0.39, 0.29) is 11.9 Å². The number of hydrogen-bond acceptors (Lipinski definition) is 4. The number of carbonyl (C=O) groups is 1. The zero-order valence-corrected chi connectivity index (χ0v) is 10.5. The van der Waals surface area contributed by atoms with Gasteiger partial charge in [-0.2, -0.15) is 0 Å². The Morgan fingerprint density at radius 2 is 2.29 bits per heavy atom. The fourth-order valence-electron chi connectivity index (χ4n) is 1.52. The number of hydrogen-bond donors (Lipinski definition) is 2. The van der Waals surface area contributed by atoms with Gasteiger partial charge in [0.15, 0.2) is 0 Å². The Bertz CT molecular complexity index is 393. The molecule has 0 saturated heterocycles. The lowest BCUT2D eigenvalue weighted by atomic mass is 10.1. The predicted octanol–water partition coefficient (Wildman–Crippen LogP) is 0.991. The van der Waals surface area contributed by atoms with Crippen molar-refractivity contribution in [2.75, 3.05) is 19.5 Å². The minimum atomic E-state index is -0.154. The SMILES string of the molecule is CCc1cc(C(=O)NC(C)COC)cc(N)n1. The number of pyridine rings is 1. The summed E-state index contributed by atoms with van der Waals surface area (Å²) in [5.74, 6) is 0.215. The molecule has 1 unspecified atom stereocenters. The van der Waals surface area contributed by atoms with E-state index in [1.807, 2.05) is 13.8 Å². The first-order valence-corrected chi connectivity index (χ1v) is 5.63. The molecule has 3 N–H and O–H groups in total. The summed E-state index contributed by atoms with van der Waals surface area (Å²) in [6.45, 7) is 4.33. The number of ether oxygens (including phenoxy) is 1. The molecule has 0 fully saturated rings. The number of aryl methyl sites for hydroxylation is 1. The zero-order chi connectivity index (χ0) is 12.8. The molecule has 0 aliphatic heterocycles.